The molecule has 3 saturated heterocycles. The summed E-state index contributed by atoms with van der Waals surface area (Å²) in [5, 5.41) is 3.00. The van der Waals surface area contributed by atoms with Crippen LogP contribution in [0.3, 0.4) is 0 Å². The maximum absolute atomic E-state index is 12.7. The van der Waals surface area contributed by atoms with Gasteiger partial charge in [-0.2, -0.15) is 0 Å². The number of hydrogen-bond acceptors (Lipinski definition) is 6. The number of amides is 3. The fourth-order valence-corrected chi connectivity index (χ4v) is 5.66. The molecular weight excluding hydrogens is 426 g/mol. The zero-order valence-electron chi connectivity index (χ0n) is 18.8. The van der Waals surface area contributed by atoms with Crippen LogP contribution in [0.25, 0.3) is 0 Å². The summed E-state index contributed by atoms with van der Waals surface area (Å²) in [6.07, 6.45) is 0.942. The van der Waals surface area contributed by atoms with E-state index in [-0.39, 0.29) is 30.3 Å². The minimum atomic E-state index is -0.318. The molecule has 32 heavy (non-hydrogen) atoms. The van der Waals surface area contributed by atoms with E-state index in [0.29, 0.717) is 30.3 Å². The molecule has 0 radical (unpaired) electrons. The molecule has 1 unspecified atom stereocenters. The van der Waals surface area contributed by atoms with Crippen molar-refractivity contribution in [2.45, 2.75) is 25.9 Å². The number of hydrogen-bond donors (Lipinski definition) is 1. The zero-order chi connectivity index (χ0) is 22.5. The van der Waals surface area contributed by atoms with Crippen LogP contribution in [0.5, 0.6) is 0 Å². The molecule has 0 saturated carbocycles. The van der Waals surface area contributed by atoms with E-state index in [1.165, 1.54) is 0 Å². The first-order valence-electron chi connectivity index (χ1n) is 11.5. The first-order chi connectivity index (χ1) is 15.5. The fourth-order valence-electron chi connectivity index (χ4n) is 4.49. The van der Waals surface area contributed by atoms with Crippen LogP contribution in [0.2, 0.25) is 0 Å². The molecule has 1 aromatic rings. The second-order valence-electron chi connectivity index (χ2n) is 8.66. The number of nitrogens with zero attached hydrogens (tertiary/aromatic N) is 4. The largest absolute Gasteiger partial charge is 0.352 e. The van der Waals surface area contributed by atoms with Gasteiger partial charge in [0.25, 0.3) is 5.91 Å². The van der Waals surface area contributed by atoms with E-state index in [1.807, 2.05) is 12.1 Å². The average molecular weight is 460 g/mol. The van der Waals surface area contributed by atoms with Crippen molar-refractivity contribution < 1.29 is 14.4 Å². The number of carbonyl (C=O) groups excluding carboxylic acids is 3. The highest BCUT2D eigenvalue weighted by molar-refractivity contribution is 7.99. The predicted molar refractivity (Wildman–Crippen MR) is 125 cm³/mol. The highest BCUT2D eigenvalue weighted by atomic mass is 32.2. The van der Waals surface area contributed by atoms with Gasteiger partial charge in [-0.15, -0.1) is 11.8 Å². The quantitative estimate of drug-likeness (QED) is 0.577. The first-order valence-corrected chi connectivity index (χ1v) is 12.7. The molecule has 3 amide bonds. The van der Waals surface area contributed by atoms with Crippen LogP contribution >= 0.6 is 11.8 Å². The first kappa shape index (κ1) is 23.1. The summed E-state index contributed by atoms with van der Waals surface area (Å²) in [6, 6.07) is 7.01. The van der Waals surface area contributed by atoms with Crippen molar-refractivity contribution in [3.63, 3.8) is 0 Å². The van der Waals surface area contributed by atoms with Crippen LogP contribution < -0.4 is 5.32 Å². The Labute approximate surface area is 194 Å². The van der Waals surface area contributed by atoms with Crippen molar-refractivity contribution in [2.75, 3.05) is 64.0 Å². The number of rotatable bonds is 8. The Kier molecular flexibility index (Phi) is 7.70. The normalized spacial score (nSPS) is 22.3. The van der Waals surface area contributed by atoms with E-state index in [2.05, 4.69) is 22.0 Å². The maximum atomic E-state index is 12.7. The number of thioether (sulfide) groups is 1. The Hall–Kier alpha value is -2.10. The monoisotopic (exact) mass is 459 g/mol. The highest BCUT2D eigenvalue weighted by Crippen LogP contribution is 2.26. The van der Waals surface area contributed by atoms with Gasteiger partial charge in [0.2, 0.25) is 11.8 Å². The van der Waals surface area contributed by atoms with Crippen molar-refractivity contribution >= 4 is 29.5 Å². The van der Waals surface area contributed by atoms with E-state index in [1.54, 1.807) is 33.7 Å². The molecule has 3 fully saturated rings. The van der Waals surface area contributed by atoms with Crippen molar-refractivity contribution in [3.05, 3.63) is 35.4 Å². The molecule has 3 aliphatic heterocycles. The molecule has 3 aliphatic rings. The fraction of sp³-hybridized carbons (Fsp3) is 0.609. The molecule has 9 heteroatoms. The summed E-state index contributed by atoms with van der Waals surface area (Å²) < 4.78 is 0. The lowest BCUT2D eigenvalue weighted by molar-refractivity contribution is -0.153. The Morgan fingerprint density at radius 1 is 1.09 bits per heavy atom. The van der Waals surface area contributed by atoms with E-state index >= 15 is 0 Å². The van der Waals surface area contributed by atoms with Crippen LogP contribution in [0.4, 0.5) is 0 Å². The number of carbonyl (C=O) groups is 3. The van der Waals surface area contributed by atoms with Gasteiger partial charge in [-0.3, -0.25) is 14.4 Å². The van der Waals surface area contributed by atoms with Crippen LogP contribution in [-0.4, -0.2) is 107 Å². The van der Waals surface area contributed by atoms with Crippen molar-refractivity contribution in [1.82, 2.24) is 24.9 Å². The highest BCUT2D eigenvalue weighted by Gasteiger charge is 2.42. The van der Waals surface area contributed by atoms with Crippen LogP contribution in [0, 0.1) is 0 Å². The molecule has 0 bridgehead atoms. The lowest BCUT2D eigenvalue weighted by Crippen LogP contribution is -2.57. The molecule has 174 valence electrons. The van der Waals surface area contributed by atoms with Crippen molar-refractivity contribution in [2.24, 2.45) is 0 Å². The Morgan fingerprint density at radius 3 is 2.53 bits per heavy atom. The number of fused-ring (bicyclic) bond motifs is 1. The second-order valence-corrected chi connectivity index (χ2v) is 9.66. The molecule has 0 aromatic heterocycles. The second kappa shape index (κ2) is 10.7. The number of piperazine rings is 2. The van der Waals surface area contributed by atoms with Gasteiger partial charge in [0.05, 0.1) is 5.88 Å². The van der Waals surface area contributed by atoms with E-state index in [9.17, 15) is 14.4 Å². The minimum absolute atomic E-state index is 0.0165. The third-order valence-corrected chi connectivity index (χ3v) is 7.58. The number of nitrogens with one attached hydrogen (secondary N) is 1. The predicted octanol–water partition coefficient (Wildman–Crippen LogP) is 0.688. The topological polar surface area (TPSA) is 76.2 Å². The van der Waals surface area contributed by atoms with Crippen LogP contribution in [-0.2, 0) is 16.1 Å². The third-order valence-electron chi connectivity index (χ3n) is 6.56. The van der Waals surface area contributed by atoms with Crippen LogP contribution in [0.1, 0.15) is 29.3 Å². The van der Waals surface area contributed by atoms with Crippen molar-refractivity contribution in [3.8, 4) is 0 Å². The standard InChI is InChI=1S/C23H33N5O3S/c1-2-25-10-12-26(13-11-25)9-3-8-24-22(30)19-6-4-18(5-7-19)14-27-15-21(29)28-17-32-16-20(28)23(27)31/h4-7,20H,2-3,8-17H2,1H3,(H,24,30). The van der Waals surface area contributed by atoms with Crippen LogP contribution in [0.15, 0.2) is 24.3 Å². The molecule has 0 spiro atoms. The lowest BCUT2D eigenvalue weighted by atomic mass is 10.1. The number of benzene rings is 1. The summed E-state index contributed by atoms with van der Waals surface area (Å²) in [5.74, 6) is 1.25. The van der Waals surface area contributed by atoms with E-state index < -0.39 is 0 Å². The van der Waals surface area contributed by atoms with Gasteiger partial charge in [-0.05, 0) is 37.2 Å². The Bertz CT molecular complexity index is 825. The molecule has 1 aromatic carbocycles. The van der Waals surface area contributed by atoms with Gasteiger partial charge >= 0.3 is 0 Å². The van der Waals surface area contributed by atoms with Crippen molar-refractivity contribution in [1.29, 1.82) is 0 Å². The molecule has 8 nitrogen and oxygen atoms in total. The molecule has 1 N–H and O–H groups in total. The van der Waals surface area contributed by atoms with Gasteiger partial charge in [0.15, 0.2) is 0 Å². The summed E-state index contributed by atoms with van der Waals surface area (Å²) in [6.45, 7) is 9.98. The third kappa shape index (κ3) is 5.44. The van der Waals surface area contributed by atoms with Gasteiger partial charge in [0, 0.05) is 50.6 Å². The van der Waals surface area contributed by atoms with Gasteiger partial charge in [-0.1, -0.05) is 19.1 Å². The van der Waals surface area contributed by atoms with Gasteiger partial charge < -0.3 is 24.9 Å². The van der Waals surface area contributed by atoms with Gasteiger partial charge in [-0.25, -0.2) is 0 Å². The average Bonchev–Trinajstić information content (AvgIpc) is 3.32. The molecule has 1 atom stereocenters. The van der Waals surface area contributed by atoms with E-state index in [4.69, 9.17) is 0 Å². The minimum Gasteiger partial charge on any atom is -0.352 e. The molecular formula is C23H33N5O3S. The zero-order valence-corrected chi connectivity index (χ0v) is 19.6. The maximum Gasteiger partial charge on any atom is 0.251 e. The summed E-state index contributed by atoms with van der Waals surface area (Å²) >= 11 is 1.63. The molecule has 4 rings (SSSR count). The van der Waals surface area contributed by atoms with Gasteiger partial charge in [0.1, 0.15) is 12.6 Å². The summed E-state index contributed by atoms with van der Waals surface area (Å²) in [7, 11) is 0. The van der Waals surface area contributed by atoms with E-state index in [0.717, 1.165) is 51.3 Å². The lowest BCUT2D eigenvalue weighted by Gasteiger charge is -2.35. The summed E-state index contributed by atoms with van der Waals surface area (Å²) in [4.78, 5) is 45.6. The smallest absolute Gasteiger partial charge is 0.251 e. The summed E-state index contributed by atoms with van der Waals surface area (Å²) in [5.41, 5.74) is 1.54. The Morgan fingerprint density at radius 2 is 1.81 bits per heavy atom. The SMILES string of the molecule is CCN1CCN(CCCNC(=O)c2ccc(CN3CC(=O)N4CSCC4C3=O)cc2)CC1. The number of likely N-dealkylation sites (N-methyl/N-ethyl adjacent to an activating group) is 1. The molecule has 0 aliphatic carbocycles. The molecule has 3 heterocycles. The Balaban J connectivity index is 1.20.